The van der Waals surface area contributed by atoms with Crippen LogP contribution in [0.4, 0.5) is 17.1 Å². The second kappa shape index (κ2) is 8.55. The average molecular weight is 428 g/mol. The van der Waals surface area contributed by atoms with Crippen LogP contribution < -0.4 is 9.64 Å². The van der Waals surface area contributed by atoms with Gasteiger partial charge in [0.2, 0.25) is 0 Å². The summed E-state index contributed by atoms with van der Waals surface area (Å²) in [5.74, 6) is 1.77. The summed E-state index contributed by atoms with van der Waals surface area (Å²) < 4.78 is 6.02. The number of hydrogen-bond acceptors (Lipinski definition) is 5. The molecule has 32 heavy (non-hydrogen) atoms. The molecular formula is C27H25NO4. The van der Waals surface area contributed by atoms with E-state index in [1.807, 2.05) is 80.3 Å². The van der Waals surface area contributed by atoms with Crippen molar-refractivity contribution in [3.05, 3.63) is 95.6 Å². The van der Waals surface area contributed by atoms with Gasteiger partial charge in [-0.05, 0) is 98.1 Å². The maximum absolute atomic E-state index is 10.0. The number of phenolic OH excluding ortho intramolecular Hbond substituents is 3. The third kappa shape index (κ3) is 4.47. The fraction of sp³-hybridized carbons (Fsp3) is 0.111. The van der Waals surface area contributed by atoms with E-state index in [2.05, 4.69) is 0 Å². The molecule has 4 aromatic rings. The van der Waals surface area contributed by atoms with Crippen LogP contribution in [-0.4, -0.2) is 15.3 Å². The molecule has 0 atom stereocenters. The van der Waals surface area contributed by atoms with Crippen LogP contribution in [0.25, 0.3) is 0 Å². The Labute approximate surface area is 187 Å². The van der Waals surface area contributed by atoms with Gasteiger partial charge in [-0.1, -0.05) is 6.07 Å². The molecule has 4 aromatic carbocycles. The van der Waals surface area contributed by atoms with Gasteiger partial charge in [-0.25, -0.2) is 0 Å². The van der Waals surface area contributed by atoms with Gasteiger partial charge >= 0.3 is 0 Å². The highest BCUT2D eigenvalue weighted by molar-refractivity contribution is 5.78. The van der Waals surface area contributed by atoms with Crippen molar-refractivity contribution in [3.8, 4) is 28.7 Å². The number of benzene rings is 4. The minimum Gasteiger partial charge on any atom is -0.508 e. The topological polar surface area (TPSA) is 73.2 Å². The lowest BCUT2D eigenvalue weighted by molar-refractivity contribution is 0.454. The summed E-state index contributed by atoms with van der Waals surface area (Å²) in [5.41, 5.74) is 4.97. The summed E-state index contributed by atoms with van der Waals surface area (Å²) in [6.07, 6.45) is 0. The Bertz CT molecular complexity index is 1210. The van der Waals surface area contributed by atoms with Crippen LogP contribution >= 0.6 is 0 Å². The monoisotopic (exact) mass is 427 g/mol. The Kier molecular flexibility index (Phi) is 5.65. The van der Waals surface area contributed by atoms with Crippen LogP contribution in [0.5, 0.6) is 28.7 Å². The zero-order valence-electron chi connectivity index (χ0n) is 18.2. The van der Waals surface area contributed by atoms with Gasteiger partial charge in [-0.2, -0.15) is 0 Å². The molecule has 0 amide bonds. The van der Waals surface area contributed by atoms with E-state index in [0.29, 0.717) is 11.5 Å². The van der Waals surface area contributed by atoms with Crippen LogP contribution in [0, 0.1) is 20.8 Å². The zero-order chi connectivity index (χ0) is 22.8. The normalized spacial score (nSPS) is 10.7. The lowest BCUT2D eigenvalue weighted by Gasteiger charge is -2.27. The molecule has 162 valence electrons. The van der Waals surface area contributed by atoms with Crippen molar-refractivity contribution < 1.29 is 20.1 Å². The number of hydrogen-bond donors (Lipinski definition) is 3. The Hall–Kier alpha value is -4.12. The third-order valence-corrected chi connectivity index (χ3v) is 5.22. The van der Waals surface area contributed by atoms with Crippen LogP contribution in [0.1, 0.15) is 16.7 Å². The summed E-state index contributed by atoms with van der Waals surface area (Å²) in [5, 5.41) is 29.9. The van der Waals surface area contributed by atoms with E-state index >= 15 is 0 Å². The van der Waals surface area contributed by atoms with Crippen LogP contribution in [0.3, 0.4) is 0 Å². The SMILES string of the molecule is Cc1cc(O)cc(Oc2cccc(N(c3ccc(O)c(C)c3)c3ccc(O)c(C)c3)c2)c1. The Balaban J connectivity index is 1.79. The number of phenols is 3. The second-order valence-electron chi connectivity index (χ2n) is 7.88. The number of nitrogens with zero attached hydrogens (tertiary/aromatic N) is 1. The molecule has 0 unspecified atom stereocenters. The van der Waals surface area contributed by atoms with Gasteiger partial charge in [0.25, 0.3) is 0 Å². The van der Waals surface area contributed by atoms with Gasteiger partial charge in [0.05, 0.1) is 0 Å². The average Bonchev–Trinajstić information content (AvgIpc) is 2.73. The summed E-state index contributed by atoms with van der Waals surface area (Å²) in [7, 11) is 0. The minimum atomic E-state index is 0.150. The quantitative estimate of drug-likeness (QED) is 0.320. The molecule has 4 rings (SSSR count). The molecular weight excluding hydrogens is 402 g/mol. The molecule has 0 saturated carbocycles. The second-order valence-corrected chi connectivity index (χ2v) is 7.88. The molecule has 3 N–H and O–H groups in total. The number of rotatable bonds is 5. The van der Waals surface area contributed by atoms with Crippen molar-refractivity contribution in [3.63, 3.8) is 0 Å². The standard InChI is InChI=1S/C27H25NO4/c1-17-11-23(29)16-25(12-17)32-24-6-4-5-20(15-24)28(21-7-9-26(30)18(2)13-21)22-8-10-27(31)19(3)14-22/h4-16,29-31H,1-3H3. The lowest BCUT2D eigenvalue weighted by Crippen LogP contribution is -2.10. The van der Waals surface area contributed by atoms with E-state index in [1.165, 1.54) is 0 Å². The highest BCUT2D eigenvalue weighted by Gasteiger charge is 2.15. The highest BCUT2D eigenvalue weighted by Crippen LogP contribution is 2.39. The minimum absolute atomic E-state index is 0.150. The first kappa shape index (κ1) is 21.1. The molecule has 0 bridgehead atoms. The van der Waals surface area contributed by atoms with Crippen molar-refractivity contribution in [2.45, 2.75) is 20.8 Å². The molecule has 0 aliphatic heterocycles. The van der Waals surface area contributed by atoms with E-state index in [-0.39, 0.29) is 17.2 Å². The number of anilines is 3. The number of aryl methyl sites for hydroxylation is 3. The molecule has 0 aliphatic rings. The zero-order valence-corrected chi connectivity index (χ0v) is 18.2. The van der Waals surface area contributed by atoms with Crippen LogP contribution in [-0.2, 0) is 0 Å². The fourth-order valence-corrected chi connectivity index (χ4v) is 3.61. The van der Waals surface area contributed by atoms with Crippen LogP contribution in [0.2, 0.25) is 0 Å². The lowest BCUT2D eigenvalue weighted by atomic mass is 10.1. The van der Waals surface area contributed by atoms with Crippen molar-refractivity contribution >= 4 is 17.1 Å². The van der Waals surface area contributed by atoms with Gasteiger partial charge in [-0.3, -0.25) is 0 Å². The predicted octanol–water partition coefficient (Wildman–Crippen LogP) is 6.99. The van der Waals surface area contributed by atoms with Crippen molar-refractivity contribution in [2.24, 2.45) is 0 Å². The van der Waals surface area contributed by atoms with E-state index in [9.17, 15) is 15.3 Å². The van der Waals surface area contributed by atoms with Crippen molar-refractivity contribution in [1.82, 2.24) is 0 Å². The first-order valence-electron chi connectivity index (χ1n) is 10.3. The van der Waals surface area contributed by atoms with Crippen molar-refractivity contribution in [2.75, 3.05) is 4.90 Å². The highest BCUT2D eigenvalue weighted by atomic mass is 16.5. The Morgan fingerprint density at radius 1 is 0.594 bits per heavy atom. The molecule has 0 radical (unpaired) electrons. The third-order valence-electron chi connectivity index (χ3n) is 5.22. The van der Waals surface area contributed by atoms with E-state index < -0.39 is 0 Å². The molecule has 0 spiro atoms. The predicted molar refractivity (Wildman–Crippen MR) is 127 cm³/mol. The largest absolute Gasteiger partial charge is 0.508 e. The molecule has 5 heteroatoms. The van der Waals surface area contributed by atoms with E-state index in [0.717, 1.165) is 33.8 Å². The van der Waals surface area contributed by atoms with Crippen LogP contribution in [0.15, 0.2) is 78.9 Å². The van der Waals surface area contributed by atoms with Gasteiger partial charge < -0.3 is 25.0 Å². The molecule has 0 saturated heterocycles. The molecule has 0 aromatic heterocycles. The first-order valence-corrected chi connectivity index (χ1v) is 10.3. The maximum Gasteiger partial charge on any atom is 0.131 e. The molecule has 5 nitrogen and oxygen atoms in total. The van der Waals surface area contributed by atoms with Gasteiger partial charge in [-0.15, -0.1) is 0 Å². The summed E-state index contributed by atoms with van der Waals surface area (Å²) in [6.45, 7) is 5.59. The first-order chi connectivity index (χ1) is 15.3. The summed E-state index contributed by atoms with van der Waals surface area (Å²) in [6, 6.07) is 23.6. The van der Waals surface area contributed by atoms with E-state index in [4.69, 9.17) is 4.74 Å². The van der Waals surface area contributed by atoms with Gasteiger partial charge in [0, 0.05) is 29.2 Å². The summed E-state index contributed by atoms with van der Waals surface area (Å²) >= 11 is 0. The molecule has 0 fully saturated rings. The smallest absolute Gasteiger partial charge is 0.131 e. The van der Waals surface area contributed by atoms with Crippen molar-refractivity contribution in [1.29, 1.82) is 0 Å². The Morgan fingerprint density at radius 2 is 1.19 bits per heavy atom. The fourth-order valence-electron chi connectivity index (χ4n) is 3.61. The van der Waals surface area contributed by atoms with Gasteiger partial charge in [0.1, 0.15) is 28.7 Å². The Morgan fingerprint density at radius 3 is 1.75 bits per heavy atom. The van der Waals surface area contributed by atoms with E-state index in [1.54, 1.807) is 24.3 Å². The molecule has 0 aliphatic carbocycles. The number of ether oxygens (including phenoxy) is 1. The maximum atomic E-state index is 10.0. The van der Waals surface area contributed by atoms with Gasteiger partial charge in [0.15, 0.2) is 0 Å². The number of aromatic hydroxyl groups is 3. The molecule has 0 heterocycles. The summed E-state index contributed by atoms with van der Waals surface area (Å²) in [4.78, 5) is 2.03.